The average molecular weight is 230 g/mol. The van der Waals surface area contributed by atoms with Crippen molar-refractivity contribution in [2.24, 2.45) is 5.92 Å². The van der Waals surface area contributed by atoms with E-state index in [-0.39, 0.29) is 11.9 Å². The van der Waals surface area contributed by atoms with Crippen LogP contribution in [-0.2, 0) is 14.3 Å². The second-order valence-corrected chi connectivity index (χ2v) is 4.22. The van der Waals surface area contributed by atoms with Crippen LogP contribution in [0.25, 0.3) is 0 Å². The van der Waals surface area contributed by atoms with Crippen LogP contribution in [0.3, 0.4) is 0 Å². The van der Waals surface area contributed by atoms with Gasteiger partial charge in [0.2, 0.25) is 5.91 Å². The lowest BCUT2D eigenvalue weighted by Gasteiger charge is -2.20. The third kappa shape index (κ3) is 5.11. The highest BCUT2D eigenvalue weighted by Gasteiger charge is 2.24. The van der Waals surface area contributed by atoms with Crippen molar-refractivity contribution >= 4 is 11.9 Å². The molecule has 5 heteroatoms. The molecule has 0 saturated heterocycles. The molecule has 0 aromatic carbocycles. The Morgan fingerprint density at radius 3 is 2.19 bits per heavy atom. The molecule has 0 heterocycles. The van der Waals surface area contributed by atoms with Gasteiger partial charge < -0.3 is 15.4 Å². The highest BCUT2D eigenvalue weighted by atomic mass is 16.5. The van der Waals surface area contributed by atoms with E-state index in [1.807, 2.05) is 13.8 Å². The first-order valence-electron chi connectivity index (χ1n) is 5.47. The lowest BCUT2D eigenvalue weighted by Crippen LogP contribution is -2.49. The van der Waals surface area contributed by atoms with E-state index in [0.717, 1.165) is 0 Å². The van der Waals surface area contributed by atoms with E-state index in [1.54, 1.807) is 14.0 Å². The summed E-state index contributed by atoms with van der Waals surface area (Å²) in [4.78, 5) is 23.0. The van der Waals surface area contributed by atoms with Crippen molar-refractivity contribution in [2.75, 3.05) is 14.2 Å². The topological polar surface area (TPSA) is 67.4 Å². The smallest absolute Gasteiger partial charge is 0.328 e. The van der Waals surface area contributed by atoms with Gasteiger partial charge in [-0.25, -0.2) is 4.79 Å². The zero-order valence-corrected chi connectivity index (χ0v) is 10.7. The van der Waals surface area contributed by atoms with Gasteiger partial charge in [-0.1, -0.05) is 13.8 Å². The third-order valence-corrected chi connectivity index (χ3v) is 2.34. The van der Waals surface area contributed by atoms with Crippen LogP contribution in [0, 0.1) is 5.92 Å². The fourth-order valence-electron chi connectivity index (χ4n) is 1.26. The number of carbonyl (C=O) groups is 2. The molecular formula is C11H22N2O3. The van der Waals surface area contributed by atoms with Gasteiger partial charge in [-0.2, -0.15) is 0 Å². The van der Waals surface area contributed by atoms with Crippen molar-refractivity contribution in [3.63, 3.8) is 0 Å². The second-order valence-electron chi connectivity index (χ2n) is 4.22. The van der Waals surface area contributed by atoms with Crippen molar-refractivity contribution in [3.05, 3.63) is 0 Å². The zero-order valence-electron chi connectivity index (χ0n) is 10.7. The number of ether oxygens (including phenoxy) is 1. The van der Waals surface area contributed by atoms with E-state index in [4.69, 9.17) is 0 Å². The van der Waals surface area contributed by atoms with Gasteiger partial charge in [0.1, 0.15) is 6.04 Å². The van der Waals surface area contributed by atoms with Gasteiger partial charge in [0.15, 0.2) is 0 Å². The van der Waals surface area contributed by atoms with Crippen LogP contribution in [0.2, 0.25) is 0 Å². The molecule has 0 saturated carbocycles. The minimum absolute atomic E-state index is 0.196. The lowest BCUT2D eigenvalue weighted by atomic mass is 10.0. The van der Waals surface area contributed by atoms with Gasteiger partial charge in [-0.05, 0) is 26.3 Å². The largest absolute Gasteiger partial charge is 0.467 e. The molecule has 2 N–H and O–H groups in total. The Hall–Kier alpha value is -1.10. The molecule has 0 aliphatic rings. The number of rotatable bonds is 6. The number of esters is 1. The van der Waals surface area contributed by atoms with E-state index in [1.165, 1.54) is 7.11 Å². The van der Waals surface area contributed by atoms with Crippen LogP contribution >= 0.6 is 0 Å². The van der Waals surface area contributed by atoms with Crippen molar-refractivity contribution in [3.8, 4) is 0 Å². The van der Waals surface area contributed by atoms with Gasteiger partial charge in [-0.15, -0.1) is 0 Å². The summed E-state index contributed by atoms with van der Waals surface area (Å²) in [6.07, 6.45) is 0.578. The van der Waals surface area contributed by atoms with Crippen LogP contribution in [0.4, 0.5) is 0 Å². The molecule has 0 rings (SSSR count). The highest BCUT2D eigenvalue weighted by molar-refractivity contribution is 5.87. The summed E-state index contributed by atoms with van der Waals surface area (Å²) in [6, 6.07) is -0.882. The summed E-state index contributed by atoms with van der Waals surface area (Å²) in [5.41, 5.74) is 0. The van der Waals surface area contributed by atoms with Crippen molar-refractivity contribution < 1.29 is 14.3 Å². The Morgan fingerprint density at radius 1 is 1.25 bits per heavy atom. The van der Waals surface area contributed by atoms with Crippen molar-refractivity contribution in [1.82, 2.24) is 10.6 Å². The molecule has 0 aliphatic heterocycles. The first kappa shape index (κ1) is 14.9. The maximum Gasteiger partial charge on any atom is 0.328 e. The lowest BCUT2D eigenvalue weighted by molar-refractivity contribution is -0.145. The van der Waals surface area contributed by atoms with E-state index < -0.39 is 12.0 Å². The van der Waals surface area contributed by atoms with Gasteiger partial charge >= 0.3 is 5.97 Å². The van der Waals surface area contributed by atoms with Crippen molar-refractivity contribution in [2.45, 2.75) is 39.3 Å². The molecule has 0 bridgehead atoms. The molecule has 2 atom stereocenters. The normalized spacial score (nSPS) is 14.4. The molecule has 94 valence electrons. The summed E-state index contributed by atoms with van der Waals surface area (Å²) in [6.45, 7) is 5.71. The SMILES string of the molecule is CN[C@H](C)C(=O)NC(CC(C)C)C(=O)OC. The van der Waals surface area contributed by atoms with Crippen LogP contribution in [-0.4, -0.2) is 38.1 Å². The Bertz CT molecular complexity index is 241. The first-order valence-corrected chi connectivity index (χ1v) is 5.47. The maximum absolute atomic E-state index is 11.6. The molecule has 0 fully saturated rings. The molecular weight excluding hydrogens is 208 g/mol. The van der Waals surface area contributed by atoms with E-state index >= 15 is 0 Å². The van der Waals surface area contributed by atoms with Crippen molar-refractivity contribution in [1.29, 1.82) is 0 Å². The van der Waals surface area contributed by atoms with Gasteiger partial charge in [-0.3, -0.25) is 4.79 Å². The number of likely N-dealkylation sites (N-methyl/N-ethyl adjacent to an activating group) is 1. The van der Waals surface area contributed by atoms with Gasteiger partial charge in [0.05, 0.1) is 13.2 Å². The molecule has 1 unspecified atom stereocenters. The fourth-order valence-corrected chi connectivity index (χ4v) is 1.26. The number of hydrogen-bond donors (Lipinski definition) is 2. The number of carbonyl (C=O) groups excluding carboxylic acids is 2. The van der Waals surface area contributed by atoms with Crippen LogP contribution in [0.5, 0.6) is 0 Å². The Morgan fingerprint density at radius 2 is 1.81 bits per heavy atom. The van der Waals surface area contributed by atoms with Gasteiger partial charge in [0, 0.05) is 0 Å². The Kier molecular flexibility index (Phi) is 6.72. The number of amides is 1. The minimum atomic E-state index is -0.562. The molecule has 0 aliphatic carbocycles. The average Bonchev–Trinajstić information content (AvgIpc) is 2.25. The summed E-state index contributed by atoms with van der Waals surface area (Å²) in [5.74, 6) is -0.279. The number of methoxy groups -OCH3 is 1. The van der Waals surface area contributed by atoms with Crippen LogP contribution in [0.15, 0.2) is 0 Å². The van der Waals surface area contributed by atoms with Gasteiger partial charge in [0.25, 0.3) is 0 Å². The predicted molar refractivity (Wildman–Crippen MR) is 61.9 cm³/mol. The monoisotopic (exact) mass is 230 g/mol. The Labute approximate surface area is 96.9 Å². The van der Waals surface area contributed by atoms with E-state index in [2.05, 4.69) is 15.4 Å². The quantitative estimate of drug-likeness (QED) is 0.644. The molecule has 16 heavy (non-hydrogen) atoms. The standard InChI is InChI=1S/C11H22N2O3/c1-7(2)6-9(11(15)16-5)13-10(14)8(3)12-4/h7-9,12H,6H2,1-5H3,(H,13,14)/t8-,9?/m1/s1. The predicted octanol–water partition coefficient (Wildman–Crippen LogP) is 0.298. The summed E-state index contributed by atoms with van der Waals surface area (Å²) in [5, 5.41) is 5.49. The third-order valence-electron chi connectivity index (χ3n) is 2.34. The molecule has 5 nitrogen and oxygen atoms in total. The van der Waals surface area contributed by atoms with Crippen LogP contribution < -0.4 is 10.6 Å². The zero-order chi connectivity index (χ0) is 12.7. The highest BCUT2D eigenvalue weighted by Crippen LogP contribution is 2.06. The second kappa shape index (κ2) is 7.22. The molecule has 0 aromatic rings. The van der Waals surface area contributed by atoms with Crippen LogP contribution in [0.1, 0.15) is 27.2 Å². The molecule has 0 radical (unpaired) electrons. The first-order chi connectivity index (χ1) is 7.42. The minimum Gasteiger partial charge on any atom is -0.467 e. The molecule has 1 amide bonds. The van der Waals surface area contributed by atoms with E-state index in [9.17, 15) is 9.59 Å². The maximum atomic E-state index is 11.6. The number of hydrogen-bond acceptors (Lipinski definition) is 4. The number of nitrogens with one attached hydrogen (secondary N) is 2. The molecule has 0 spiro atoms. The summed E-state index contributed by atoms with van der Waals surface area (Å²) < 4.78 is 4.65. The Balaban J connectivity index is 4.42. The summed E-state index contributed by atoms with van der Waals surface area (Å²) >= 11 is 0. The molecule has 0 aromatic heterocycles. The fraction of sp³-hybridized carbons (Fsp3) is 0.818. The summed E-state index contributed by atoms with van der Waals surface area (Å²) in [7, 11) is 3.02. The van der Waals surface area contributed by atoms with E-state index in [0.29, 0.717) is 12.3 Å².